The van der Waals surface area contributed by atoms with Gasteiger partial charge in [0.15, 0.2) is 0 Å². The predicted octanol–water partition coefficient (Wildman–Crippen LogP) is 4.22. The maximum absolute atomic E-state index is 15.7. The van der Waals surface area contributed by atoms with E-state index in [2.05, 4.69) is 26.3 Å². The molecule has 3 aliphatic rings. The minimum absolute atomic E-state index is 0.00749. The molecule has 4 aromatic rings. The van der Waals surface area contributed by atoms with Crippen LogP contribution < -0.4 is 30.9 Å². The molecule has 0 bridgehead atoms. The smallest absolute Gasteiger partial charge is 0.419 e. The Morgan fingerprint density at radius 3 is 2.45 bits per heavy atom. The predicted molar refractivity (Wildman–Crippen MR) is 210 cm³/mol. The highest BCUT2D eigenvalue weighted by Crippen LogP contribution is 2.39. The maximum Gasteiger partial charge on any atom is 0.419 e. The first-order valence-corrected chi connectivity index (χ1v) is 18.9. The standard InChI is InChI=1S/C41H40F4N8O7/c1-46-37(56)26-5-3-4-6-30(26)48-31-18-35(47-19-28(31)41(43,44)45)49-32-17-29(42)22(15-34(32)60-2)11-12-51-13-14-52(20-24(51)21-54)23-7-8-25-27(16-23)40(59)53(39(25)58)33-9-10-36(55)50-38(33)57/h3-8,15-19,24,33,54H,9-14,20-21H2,1-2H3,(H,46,56)(H2,47,48,49)(H,50,55,57)/t24-,33?/m1/s1. The molecule has 0 aliphatic carbocycles. The van der Waals surface area contributed by atoms with Gasteiger partial charge in [-0.2, -0.15) is 13.2 Å². The van der Waals surface area contributed by atoms with Gasteiger partial charge >= 0.3 is 6.18 Å². The molecule has 1 aromatic heterocycles. The number of halogens is 4. The van der Waals surface area contributed by atoms with E-state index in [9.17, 15) is 42.3 Å². The number of piperazine rings is 1. The van der Waals surface area contributed by atoms with Crippen molar-refractivity contribution in [3.05, 3.63) is 100 Å². The molecule has 7 rings (SSSR count). The fourth-order valence-electron chi connectivity index (χ4n) is 7.63. The summed E-state index contributed by atoms with van der Waals surface area (Å²) in [5.41, 5.74) is 0.0559. The van der Waals surface area contributed by atoms with E-state index in [1.807, 2.05) is 9.80 Å². The molecule has 2 atom stereocenters. The number of aliphatic hydroxyl groups excluding tert-OH is 1. The molecule has 0 saturated carbocycles. The second kappa shape index (κ2) is 16.9. The number of nitrogens with zero attached hydrogens (tertiary/aromatic N) is 4. The number of para-hydroxylation sites is 1. The molecule has 19 heteroatoms. The first kappa shape index (κ1) is 41.6. The number of nitrogens with one attached hydrogen (secondary N) is 4. The third-order valence-corrected chi connectivity index (χ3v) is 10.8. The number of amides is 5. The first-order valence-electron chi connectivity index (χ1n) is 18.9. The van der Waals surface area contributed by atoms with Crippen molar-refractivity contribution in [3.63, 3.8) is 0 Å². The summed E-state index contributed by atoms with van der Waals surface area (Å²) in [5, 5.41) is 20.5. The van der Waals surface area contributed by atoms with Gasteiger partial charge in [-0.15, -0.1) is 0 Å². The lowest BCUT2D eigenvalue weighted by Gasteiger charge is -2.42. The molecule has 15 nitrogen and oxygen atoms in total. The summed E-state index contributed by atoms with van der Waals surface area (Å²) in [4.78, 5) is 71.8. The van der Waals surface area contributed by atoms with Crippen LogP contribution in [0.15, 0.2) is 66.9 Å². The van der Waals surface area contributed by atoms with Crippen LogP contribution in [0.3, 0.4) is 0 Å². The highest BCUT2D eigenvalue weighted by Gasteiger charge is 2.45. The van der Waals surface area contributed by atoms with Gasteiger partial charge in [-0.05, 0) is 54.8 Å². The highest BCUT2D eigenvalue weighted by atomic mass is 19.4. The molecule has 3 aromatic carbocycles. The Labute approximate surface area is 340 Å². The van der Waals surface area contributed by atoms with Gasteiger partial charge in [0, 0.05) is 63.7 Å². The fourth-order valence-corrected chi connectivity index (χ4v) is 7.63. The lowest BCUT2D eigenvalue weighted by Crippen LogP contribution is -2.55. The molecule has 3 aliphatic heterocycles. The van der Waals surface area contributed by atoms with E-state index in [1.165, 1.54) is 38.4 Å². The average Bonchev–Trinajstić information content (AvgIpc) is 3.47. The van der Waals surface area contributed by atoms with Crippen LogP contribution in [-0.4, -0.2) is 108 Å². The summed E-state index contributed by atoms with van der Waals surface area (Å²) in [6.45, 7) is 1.39. The monoisotopic (exact) mass is 832 g/mol. The van der Waals surface area contributed by atoms with Gasteiger partial charge in [-0.3, -0.25) is 39.1 Å². The minimum Gasteiger partial charge on any atom is -0.495 e. The summed E-state index contributed by atoms with van der Waals surface area (Å²) in [7, 11) is 2.76. The quantitative estimate of drug-likeness (QED) is 0.101. The number of hydrogen-bond acceptors (Lipinski definition) is 12. The van der Waals surface area contributed by atoms with Gasteiger partial charge in [0.25, 0.3) is 17.7 Å². The molecular formula is C41H40F4N8O7. The third-order valence-electron chi connectivity index (χ3n) is 10.8. The number of fused-ring (bicyclic) bond motifs is 1. The summed E-state index contributed by atoms with van der Waals surface area (Å²) >= 11 is 0. The number of carbonyl (C=O) groups excluding carboxylic acids is 5. The van der Waals surface area contributed by atoms with Crippen LogP contribution in [0, 0.1) is 5.82 Å². The zero-order valence-electron chi connectivity index (χ0n) is 32.4. The SMILES string of the molecule is CNC(=O)c1ccccc1Nc1cc(Nc2cc(F)c(CCN3CCN(c4ccc5c(c4)C(=O)N(C4CCC(=O)NC4=O)C5=O)C[C@@H]3CO)cc2OC)ncc1C(F)(F)F. The molecule has 0 radical (unpaired) electrons. The Bertz CT molecular complexity index is 2380. The van der Waals surface area contributed by atoms with Gasteiger partial charge < -0.3 is 30.7 Å². The number of rotatable bonds is 12. The third kappa shape index (κ3) is 8.30. The number of imide groups is 2. The molecular weight excluding hydrogens is 792 g/mol. The number of aliphatic hydroxyl groups is 1. The van der Waals surface area contributed by atoms with Crippen molar-refractivity contribution in [2.24, 2.45) is 0 Å². The Morgan fingerprint density at radius 1 is 0.967 bits per heavy atom. The number of benzene rings is 3. The first-order chi connectivity index (χ1) is 28.7. The number of piperidine rings is 1. The number of carbonyl (C=O) groups is 5. The van der Waals surface area contributed by atoms with Crippen molar-refractivity contribution < 1.29 is 51.4 Å². The Balaban J connectivity index is 1.02. The van der Waals surface area contributed by atoms with E-state index in [4.69, 9.17) is 4.74 Å². The summed E-state index contributed by atoms with van der Waals surface area (Å²) in [6.07, 6.45) is -3.91. The van der Waals surface area contributed by atoms with Crippen molar-refractivity contribution >= 4 is 58.1 Å². The van der Waals surface area contributed by atoms with Gasteiger partial charge in [0.2, 0.25) is 11.8 Å². The number of anilines is 5. The van der Waals surface area contributed by atoms with E-state index >= 15 is 4.39 Å². The highest BCUT2D eigenvalue weighted by molar-refractivity contribution is 6.23. The zero-order chi connectivity index (χ0) is 42.9. The second-order valence-corrected chi connectivity index (χ2v) is 14.4. The molecule has 0 spiro atoms. The van der Waals surface area contributed by atoms with Crippen molar-refractivity contribution in [1.29, 1.82) is 0 Å². The topological polar surface area (TPSA) is 186 Å². The van der Waals surface area contributed by atoms with Crippen LogP contribution in [-0.2, 0) is 22.2 Å². The lowest BCUT2D eigenvalue weighted by molar-refractivity contribution is -0.137. The molecule has 60 heavy (non-hydrogen) atoms. The summed E-state index contributed by atoms with van der Waals surface area (Å²) in [6, 6.07) is 13.1. The normalized spacial score (nSPS) is 18.3. The zero-order valence-corrected chi connectivity index (χ0v) is 32.4. The molecule has 5 N–H and O–H groups in total. The van der Waals surface area contributed by atoms with E-state index in [0.29, 0.717) is 38.1 Å². The van der Waals surface area contributed by atoms with Crippen molar-refractivity contribution in [3.8, 4) is 5.75 Å². The van der Waals surface area contributed by atoms with E-state index in [0.717, 1.165) is 17.0 Å². The Morgan fingerprint density at radius 2 is 1.73 bits per heavy atom. The van der Waals surface area contributed by atoms with Crippen molar-refractivity contribution in [2.45, 2.75) is 37.5 Å². The van der Waals surface area contributed by atoms with Crippen molar-refractivity contribution in [2.75, 3.05) is 62.5 Å². The average molecular weight is 833 g/mol. The number of pyridine rings is 1. The van der Waals surface area contributed by atoms with Gasteiger partial charge in [-0.25, -0.2) is 9.37 Å². The summed E-state index contributed by atoms with van der Waals surface area (Å²) < 4.78 is 63.4. The van der Waals surface area contributed by atoms with E-state index in [1.54, 1.807) is 24.3 Å². The van der Waals surface area contributed by atoms with Crippen LogP contribution in [0.5, 0.6) is 5.75 Å². The van der Waals surface area contributed by atoms with E-state index in [-0.39, 0.29) is 77.1 Å². The number of methoxy groups -OCH3 is 1. The van der Waals surface area contributed by atoms with Gasteiger partial charge in [-0.1, -0.05) is 12.1 Å². The maximum atomic E-state index is 15.7. The second-order valence-electron chi connectivity index (χ2n) is 14.4. The van der Waals surface area contributed by atoms with Crippen LogP contribution >= 0.6 is 0 Å². The number of ether oxygens (including phenoxy) is 1. The molecule has 1 unspecified atom stereocenters. The number of alkyl halides is 3. The molecule has 314 valence electrons. The Hall–Kier alpha value is -6.60. The minimum atomic E-state index is -4.80. The van der Waals surface area contributed by atoms with Gasteiger partial charge in [0.05, 0.1) is 59.1 Å². The largest absolute Gasteiger partial charge is 0.495 e. The molecule has 4 heterocycles. The van der Waals surface area contributed by atoms with Gasteiger partial charge in [0.1, 0.15) is 23.4 Å². The van der Waals surface area contributed by atoms with Crippen LogP contribution in [0.2, 0.25) is 0 Å². The molecule has 2 fully saturated rings. The van der Waals surface area contributed by atoms with Crippen LogP contribution in [0.25, 0.3) is 0 Å². The summed E-state index contributed by atoms with van der Waals surface area (Å²) in [5.74, 6) is -3.40. The number of aromatic nitrogens is 1. The van der Waals surface area contributed by atoms with Crippen LogP contribution in [0.1, 0.15) is 55.0 Å². The lowest BCUT2D eigenvalue weighted by atomic mass is 10.0. The van der Waals surface area contributed by atoms with Crippen molar-refractivity contribution in [1.82, 2.24) is 25.4 Å². The Kier molecular flexibility index (Phi) is 11.7. The van der Waals surface area contributed by atoms with E-state index < -0.39 is 58.8 Å². The molecule has 2 saturated heterocycles. The van der Waals surface area contributed by atoms with Crippen LogP contribution in [0.4, 0.5) is 46.1 Å². The fraction of sp³-hybridized carbons (Fsp3) is 0.317. The molecule has 5 amide bonds. The number of hydrogen-bond donors (Lipinski definition) is 5.